The van der Waals surface area contributed by atoms with E-state index in [9.17, 15) is 9.18 Å². The van der Waals surface area contributed by atoms with Crippen molar-refractivity contribution in [3.8, 4) is 17.1 Å². The van der Waals surface area contributed by atoms with Crippen LogP contribution in [-0.2, 0) is 17.8 Å². The van der Waals surface area contributed by atoms with Gasteiger partial charge in [0.25, 0.3) is 0 Å². The number of nitrogens with one attached hydrogen (secondary N) is 1. The molecule has 0 unspecified atom stereocenters. The Hall–Kier alpha value is -4.00. The lowest BCUT2D eigenvalue weighted by atomic mass is 10.1. The molecule has 0 bridgehead atoms. The van der Waals surface area contributed by atoms with E-state index in [4.69, 9.17) is 9.15 Å². The van der Waals surface area contributed by atoms with Crippen molar-refractivity contribution < 1.29 is 18.3 Å². The van der Waals surface area contributed by atoms with Crippen LogP contribution < -0.4 is 10.1 Å². The van der Waals surface area contributed by atoms with E-state index in [0.717, 1.165) is 5.56 Å². The lowest BCUT2D eigenvalue weighted by Crippen LogP contribution is -2.14. The highest BCUT2D eigenvalue weighted by molar-refractivity contribution is 5.91. The van der Waals surface area contributed by atoms with Gasteiger partial charge in [0.15, 0.2) is 11.6 Å². The monoisotopic (exact) mass is 417 g/mol. The summed E-state index contributed by atoms with van der Waals surface area (Å²) in [4.78, 5) is 20.6. The van der Waals surface area contributed by atoms with Gasteiger partial charge in [-0.05, 0) is 54.1 Å². The van der Waals surface area contributed by atoms with Gasteiger partial charge in [-0.25, -0.2) is 9.37 Å². The van der Waals surface area contributed by atoms with Crippen LogP contribution in [0.1, 0.15) is 17.7 Å². The van der Waals surface area contributed by atoms with Crippen molar-refractivity contribution in [1.82, 2.24) is 9.97 Å². The van der Waals surface area contributed by atoms with Crippen LogP contribution in [-0.4, -0.2) is 15.9 Å². The van der Waals surface area contributed by atoms with E-state index in [-0.39, 0.29) is 18.1 Å². The van der Waals surface area contributed by atoms with Crippen LogP contribution in [0.25, 0.3) is 11.3 Å². The summed E-state index contributed by atoms with van der Waals surface area (Å²) in [6.45, 7) is 0.336. The number of amides is 1. The van der Waals surface area contributed by atoms with Gasteiger partial charge in [-0.2, -0.15) is 0 Å². The number of carbonyl (C=O) groups is 1. The van der Waals surface area contributed by atoms with Crippen molar-refractivity contribution >= 4 is 11.7 Å². The lowest BCUT2D eigenvalue weighted by molar-refractivity contribution is -0.116. The first-order valence-corrected chi connectivity index (χ1v) is 9.79. The van der Waals surface area contributed by atoms with Crippen LogP contribution in [0.2, 0.25) is 0 Å². The molecule has 0 fully saturated rings. The van der Waals surface area contributed by atoms with E-state index < -0.39 is 0 Å². The maximum Gasteiger partial charge on any atom is 0.226 e. The summed E-state index contributed by atoms with van der Waals surface area (Å²) >= 11 is 0. The minimum Gasteiger partial charge on any atom is -0.485 e. The summed E-state index contributed by atoms with van der Waals surface area (Å²) in [5.41, 5.74) is 1.35. The molecule has 0 radical (unpaired) electrons. The molecule has 1 N–H and O–H groups in total. The summed E-state index contributed by atoms with van der Waals surface area (Å²) in [6, 6.07) is 17.1. The van der Waals surface area contributed by atoms with E-state index in [1.807, 2.05) is 12.1 Å². The molecule has 4 rings (SSSR count). The Morgan fingerprint density at radius 1 is 1.00 bits per heavy atom. The number of aryl methyl sites for hydroxylation is 1. The van der Waals surface area contributed by atoms with Crippen molar-refractivity contribution in [2.45, 2.75) is 19.4 Å². The number of hydrogen-bond acceptors (Lipinski definition) is 5. The Morgan fingerprint density at radius 2 is 1.84 bits per heavy atom. The van der Waals surface area contributed by atoms with Crippen molar-refractivity contribution in [2.24, 2.45) is 0 Å². The van der Waals surface area contributed by atoms with Crippen molar-refractivity contribution in [3.63, 3.8) is 0 Å². The van der Waals surface area contributed by atoms with Gasteiger partial charge in [0.05, 0.1) is 5.56 Å². The average molecular weight is 417 g/mol. The SMILES string of the molecule is O=C(CCc1ccc(-c2ccccc2F)o1)Nc1ncccc1OCc1ccncc1. The Kier molecular flexibility index (Phi) is 6.32. The van der Waals surface area contributed by atoms with Crippen LogP contribution in [0.4, 0.5) is 10.2 Å². The molecule has 0 spiro atoms. The van der Waals surface area contributed by atoms with Crippen LogP contribution in [0.5, 0.6) is 5.75 Å². The van der Waals surface area contributed by atoms with Crippen LogP contribution in [0.15, 0.2) is 83.7 Å². The third kappa shape index (κ3) is 5.33. The number of anilines is 1. The molecule has 6 nitrogen and oxygen atoms in total. The first kappa shape index (κ1) is 20.3. The number of ether oxygens (including phenoxy) is 1. The second-order valence-corrected chi connectivity index (χ2v) is 6.79. The Balaban J connectivity index is 1.34. The first-order valence-electron chi connectivity index (χ1n) is 9.79. The number of nitrogens with zero attached hydrogens (tertiary/aromatic N) is 2. The molecule has 0 aliphatic rings. The summed E-state index contributed by atoms with van der Waals surface area (Å²) < 4.78 is 25.4. The summed E-state index contributed by atoms with van der Waals surface area (Å²) in [6.07, 6.45) is 5.53. The van der Waals surface area contributed by atoms with E-state index >= 15 is 0 Å². The molecule has 3 heterocycles. The Morgan fingerprint density at radius 3 is 2.68 bits per heavy atom. The number of carbonyl (C=O) groups excluding carboxylic acids is 1. The minimum atomic E-state index is -0.351. The molecule has 0 atom stereocenters. The zero-order valence-electron chi connectivity index (χ0n) is 16.6. The van der Waals surface area contributed by atoms with Crippen LogP contribution >= 0.6 is 0 Å². The second-order valence-electron chi connectivity index (χ2n) is 6.79. The highest BCUT2D eigenvalue weighted by Gasteiger charge is 2.13. The summed E-state index contributed by atoms with van der Waals surface area (Å²) in [5.74, 6) is 1.29. The molecule has 0 aliphatic carbocycles. The number of hydrogen-bond donors (Lipinski definition) is 1. The number of benzene rings is 1. The van der Waals surface area contributed by atoms with Crippen molar-refractivity contribution in [2.75, 3.05) is 5.32 Å². The zero-order valence-corrected chi connectivity index (χ0v) is 16.6. The quantitative estimate of drug-likeness (QED) is 0.435. The van der Waals surface area contributed by atoms with E-state index in [1.54, 1.807) is 61.1 Å². The zero-order chi connectivity index (χ0) is 21.5. The fourth-order valence-corrected chi connectivity index (χ4v) is 2.99. The van der Waals surface area contributed by atoms with Gasteiger partial charge in [0.1, 0.15) is 23.9 Å². The Labute approximate surface area is 178 Å². The summed E-state index contributed by atoms with van der Waals surface area (Å²) in [7, 11) is 0. The predicted molar refractivity (Wildman–Crippen MR) is 114 cm³/mol. The number of pyridine rings is 2. The van der Waals surface area contributed by atoms with Gasteiger partial charge in [0, 0.05) is 31.4 Å². The van der Waals surface area contributed by atoms with E-state index in [1.165, 1.54) is 6.07 Å². The van der Waals surface area contributed by atoms with Gasteiger partial charge < -0.3 is 14.5 Å². The highest BCUT2D eigenvalue weighted by Crippen LogP contribution is 2.26. The highest BCUT2D eigenvalue weighted by atomic mass is 19.1. The molecule has 3 aromatic heterocycles. The molecule has 7 heteroatoms. The van der Waals surface area contributed by atoms with Gasteiger partial charge in [-0.15, -0.1) is 0 Å². The molecule has 0 aliphatic heterocycles. The van der Waals surface area contributed by atoms with Crippen molar-refractivity contribution in [1.29, 1.82) is 0 Å². The van der Waals surface area contributed by atoms with Gasteiger partial charge >= 0.3 is 0 Å². The number of rotatable bonds is 8. The maximum absolute atomic E-state index is 13.9. The third-order valence-corrected chi connectivity index (χ3v) is 4.57. The smallest absolute Gasteiger partial charge is 0.226 e. The normalized spacial score (nSPS) is 10.6. The molecule has 0 saturated carbocycles. The van der Waals surface area contributed by atoms with Gasteiger partial charge in [-0.1, -0.05) is 12.1 Å². The second kappa shape index (κ2) is 9.67. The minimum absolute atomic E-state index is 0.185. The third-order valence-electron chi connectivity index (χ3n) is 4.57. The fourth-order valence-electron chi connectivity index (χ4n) is 2.99. The van der Waals surface area contributed by atoms with Gasteiger partial charge in [-0.3, -0.25) is 9.78 Å². The number of furan rings is 1. The first-order chi connectivity index (χ1) is 15.2. The molecular formula is C24H20FN3O3. The average Bonchev–Trinajstić information content (AvgIpc) is 3.27. The molecule has 31 heavy (non-hydrogen) atoms. The molecule has 1 aromatic carbocycles. The lowest BCUT2D eigenvalue weighted by Gasteiger charge is -2.11. The van der Waals surface area contributed by atoms with E-state index in [2.05, 4.69) is 15.3 Å². The molecule has 1 amide bonds. The predicted octanol–water partition coefficient (Wildman–Crippen LogP) is 5.03. The van der Waals surface area contributed by atoms with Crippen LogP contribution in [0, 0.1) is 5.82 Å². The molecular weight excluding hydrogens is 397 g/mol. The van der Waals surface area contributed by atoms with E-state index in [0.29, 0.717) is 41.7 Å². The van der Waals surface area contributed by atoms with Gasteiger partial charge in [0.2, 0.25) is 5.91 Å². The largest absolute Gasteiger partial charge is 0.485 e. The topological polar surface area (TPSA) is 77.2 Å². The summed E-state index contributed by atoms with van der Waals surface area (Å²) in [5, 5.41) is 2.78. The number of aromatic nitrogens is 2. The molecule has 0 saturated heterocycles. The molecule has 4 aromatic rings. The fraction of sp³-hybridized carbons (Fsp3) is 0.125. The number of halogens is 1. The molecule has 156 valence electrons. The van der Waals surface area contributed by atoms with Crippen molar-refractivity contribution in [3.05, 3.63) is 96.4 Å². The standard InChI is InChI=1S/C24H20FN3O3/c25-20-5-2-1-4-19(20)21-9-7-18(31-21)8-10-23(29)28-24-22(6-3-13-27-24)30-16-17-11-14-26-15-12-17/h1-7,9,11-15H,8,10,16H2,(H,27,28,29). The van der Waals surface area contributed by atoms with Crippen LogP contribution in [0.3, 0.4) is 0 Å². The Bertz CT molecular complexity index is 1160. The maximum atomic E-state index is 13.9.